The minimum absolute atomic E-state index is 0.350. The van der Waals surface area contributed by atoms with E-state index >= 15 is 0 Å². The van der Waals surface area contributed by atoms with Crippen molar-refractivity contribution in [2.45, 2.75) is 12.8 Å². The van der Waals surface area contributed by atoms with Crippen molar-refractivity contribution in [3.05, 3.63) is 16.6 Å². The predicted octanol–water partition coefficient (Wildman–Crippen LogP) is 2.41. The average molecular weight is 270 g/mol. The Morgan fingerprint density at radius 1 is 1.59 bits per heavy atom. The number of nitrogens with one attached hydrogen (secondary N) is 1. The van der Waals surface area contributed by atoms with Crippen molar-refractivity contribution >= 4 is 33.7 Å². The summed E-state index contributed by atoms with van der Waals surface area (Å²) in [5, 5.41) is 7.26. The molecule has 2 heterocycles. The number of nitrogens with two attached hydrogens (primary N) is 1. The summed E-state index contributed by atoms with van der Waals surface area (Å²) in [6, 6.07) is 0. The molecule has 0 aliphatic rings. The Kier molecular flexibility index (Phi) is 3.80. The van der Waals surface area contributed by atoms with Gasteiger partial charge in [0.25, 0.3) is 0 Å². The number of hydrogen-bond acceptors (Lipinski definition) is 7. The van der Waals surface area contributed by atoms with Crippen LogP contribution in [-0.2, 0) is 0 Å². The largest absolute Gasteiger partial charge is 0.490 e. The first-order chi connectivity index (χ1) is 8.22. The van der Waals surface area contributed by atoms with Gasteiger partial charge in [0.2, 0.25) is 0 Å². The van der Waals surface area contributed by atoms with Crippen LogP contribution in [0.25, 0.3) is 0 Å². The van der Waals surface area contributed by atoms with Gasteiger partial charge in [0.1, 0.15) is 0 Å². The van der Waals surface area contributed by atoms with Gasteiger partial charge in [0.15, 0.2) is 16.6 Å². The van der Waals surface area contributed by atoms with Gasteiger partial charge in [-0.2, -0.15) is 4.37 Å². The smallest absolute Gasteiger partial charge is 0.197 e. The highest BCUT2D eigenvalue weighted by Crippen LogP contribution is 2.35. The van der Waals surface area contributed by atoms with Crippen LogP contribution in [0.1, 0.15) is 17.8 Å². The lowest BCUT2D eigenvalue weighted by atomic mass is 10.2. The number of rotatable bonds is 5. The molecule has 0 fully saturated rings. The molecule has 1 atom stereocenters. The van der Waals surface area contributed by atoms with Crippen molar-refractivity contribution in [1.82, 2.24) is 9.36 Å². The van der Waals surface area contributed by atoms with Crippen LogP contribution in [0.2, 0.25) is 0 Å². The van der Waals surface area contributed by atoms with E-state index in [4.69, 9.17) is 10.5 Å². The van der Waals surface area contributed by atoms with Crippen molar-refractivity contribution in [3.8, 4) is 5.75 Å². The summed E-state index contributed by atoms with van der Waals surface area (Å²) >= 11 is 2.97. The number of ether oxygens (including phenoxy) is 1. The van der Waals surface area contributed by atoms with E-state index in [1.807, 2.05) is 11.6 Å². The molecule has 0 aromatic carbocycles. The minimum Gasteiger partial charge on any atom is -0.490 e. The number of nitrogens with zero attached hydrogens (tertiary/aromatic N) is 2. The van der Waals surface area contributed by atoms with E-state index in [1.54, 1.807) is 18.4 Å². The van der Waals surface area contributed by atoms with Crippen LogP contribution in [0, 0.1) is 0 Å². The normalized spacial score (nSPS) is 12.4. The van der Waals surface area contributed by atoms with E-state index in [-0.39, 0.29) is 0 Å². The highest BCUT2D eigenvalue weighted by Gasteiger charge is 2.14. The van der Waals surface area contributed by atoms with Gasteiger partial charge in [0.05, 0.1) is 12.1 Å². The Hall–Kier alpha value is -1.34. The summed E-state index contributed by atoms with van der Waals surface area (Å²) in [7, 11) is 1.59. The zero-order chi connectivity index (χ0) is 12.3. The van der Waals surface area contributed by atoms with E-state index in [2.05, 4.69) is 21.6 Å². The SMILES string of the molecule is COc1c(N)nsc1NCC(C)c1nccs1. The second-order valence-corrected chi connectivity index (χ2v) is 5.28. The summed E-state index contributed by atoms with van der Waals surface area (Å²) in [5.74, 6) is 1.41. The van der Waals surface area contributed by atoms with Crippen LogP contribution >= 0.6 is 22.9 Å². The molecule has 0 radical (unpaired) electrons. The van der Waals surface area contributed by atoms with Crippen LogP contribution in [0.15, 0.2) is 11.6 Å². The molecule has 0 bridgehead atoms. The topological polar surface area (TPSA) is 73.1 Å². The molecule has 7 heteroatoms. The zero-order valence-corrected chi connectivity index (χ0v) is 11.3. The maximum absolute atomic E-state index is 5.68. The molecule has 0 spiro atoms. The Balaban J connectivity index is 1.98. The van der Waals surface area contributed by atoms with Crippen molar-refractivity contribution in [2.75, 3.05) is 24.7 Å². The lowest BCUT2D eigenvalue weighted by Gasteiger charge is -2.10. The highest BCUT2D eigenvalue weighted by atomic mass is 32.1. The van der Waals surface area contributed by atoms with E-state index in [9.17, 15) is 0 Å². The summed E-state index contributed by atoms with van der Waals surface area (Å²) in [6.45, 7) is 2.91. The predicted molar refractivity (Wildman–Crippen MR) is 72.1 cm³/mol. The maximum atomic E-state index is 5.68. The zero-order valence-electron chi connectivity index (χ0n) is 9.64. The Labute approximate surface area is 108 Å². The maximum Gasteiger partial charge on any atom is 0.197 e. The number of hydrogen-bond donors (Lipinski definition) is 2. The van der Waals surface area contributed by atoms with Crippen molar-refractivity contribution in [1.29, 1.82) is 0 Å². The highest BCUT2D eigenvalue weighted by molar-refractivity contribution is 7.11. The van der Waals surface area contributed by atoms with Crippen molar-refractivity contribution < 1.29 is 4.74 Å². The first-order valence-electron chi connectivity index (χ1n) is 5.14. The van der Waals surface area contributed by atoms with Crippen molar-refractivity contribution in [2.24, 2.45) is 0 Å². The van der Waals surface area contributed by atoms with E-state index in [1.165, 1.54) is 11.5 Å². The molecule has 0 aliphatic heterocycles. The number of nitrogen functional groups attached to an aromatic ring is 1. The summed E-state index contributed by atoms with van der Waals surface area (Å²) in [4.78, 5) is 4.29. The van der Waals surface area contributed by atoms with Crippen LogP contribution in [0.4, 0.5) is 10.8 Å². The quantitative estimate of drug-likeness (QED) is 0.873. The number of thiazole rings is 1. The first kappa shape index (κ1) is 12.1. The number of aromatic nitrogens is 2. The third-order valence-corrected chi connectivity index (χ3v) is 4.13. The Bertz CT molecular complexity index is 469. The first-order valence-corrected chi connectivity index (χ1v) is 6.80. The fourth-order valence-corrected chi connectivity index (χ4v) is 2.80. The monoisotopic (exact) mass is 270 g/mol. The summed E-state index contributed by atoms with van der Waals surface area (Å²) < 4.78 is 9.23. The molecule has 2 rings (SSSR count). The standard InChI is InChI=1S/C10H14N4OS2/c1-6(9-12-3-4-16-9)5-13-10-7(15-2)8(11)14-17-10/h3-4,6,13H,5H2,1-2H3,(H2,11,14). The van der Waals surface area contributed by atoms with E-state index < -0.39 is 0 Å². The van der Waals surface area contributed by atoms with Crippen LogP contribution in [0.3, 0.4) is 0 Å². The van der Waals surface area contributed by atoms with Crippen molar-refractivity contribution in [3.63, 3.8) is 0 Å². The molecule has 92 valence electrons. The molecule has 2 aromatic rings. The van der Waals surface area contributed by atoms with Crippen LogP contribution in [-0.4, -0.2) is 23.0 Å². The molecule has 1 unspecified atom stereocenters. The molecule has 0 amide bonds. The minimum atomic E-state index is 0.350. The van der Waals surface area contributed by atoms with Crippen LogP contribution < -0.4 is 15.8 Å². The Morgan fingerprint density at radius 3 is 3.06 bits per heavy atom. The molecule has 5 nitrogen and oxygen atoms in total. The van der Waals surface area contributed by atoms with Gasteiger partial charge in [-0.15, -0.1) is 11.3 Å². The Morgan fingerprint density at radius 2 is 2.41 bits per heavy atom. The molecule has 0 saturated carbocycles. The van der Waals surface area contributed by atoms with Gasteiger partial charge >= 0.3 is 0 Å². The van der Waals surface area contributed by atoms with Gasteiger partial charge in [-0.1, -0.05) is 6.92 Å². The second kappa shape index (κ2) is 5.33. The molecule has 17 heavy (non-hydrogen) atoms. The van der Waals surface area contributed by atoms with Crippen LogP contribution in [0.5, 0.6) is 5.75 Å². The molecule has 2 aromatic heterocycles. The lowest BCUT2D eigenvalue weighted by molar-refractivity contribution is 0.419. The molecular formula is C10H14N4OS2. The molecule has 3 N–H and O–H groups in total. The third-order valence-electron chi connectivity index (χ3n) is 2.32. The van der Waals surface area contributed by atoms with E-state index in [0.29, 0.717) is 17.5 Å². The van der Waals surface area contributed by atoms with Gasteiger partial charge < -0.3 is 15.8 Å². The van der Waals surface area contributed by atoms with Gasteiger partial charge in [-0.3, -0.25) is 0 Å². The molecule has 0 saturated heterocycles. The number of methoxy groups -OCH3 is 1. The number of anilines is 2. The second-order valence-electron chi connectivity index (χ2n) is 3.58. The van der Waals surface area contributed by atoms with Gasteiger partial charge in [-0.25, -0.2) is 4.98 Å². The molecule has 0 aliphatic carbocycles. The fraction of sp³-hybridized carbons (Fsp3) is 0.400. The average Bonchev–Trinajstić information content (AvgIpc) is 2.95. The lowest BCUT2D eigenvalue weighted by Crippen LogP contribution is -2.09. The summed E-state index contributed by atoms with van der Waals surface area (Å²) in [6.07, 6.45) is 1.82. The third kappa shape index (κ3) is 2.67. The summed E-state index contributed by atoms with van der Waals surface area (Å²) in [5.41, 5.74) is 5.68. The van der Waals surface area contributed by atoms with Gasteiger partial charge in [0, 0.05) is 24.0 Å². The van der Waals surface area contributed by atoms with Gasteiger partial charge in [-0.05, 0) is 11.5 Å². The van der Waals surface area contributed by atoms with E-state index in [0.717, 1.165) is 16.6 Å². The fourth-order valence-electron chi connectivity index (χ4n) is 1.41. The molecular weight excluding hydrogens is 256 g/mol.